The number of carbonyl (C=O) groups excluding carboxylic acids is 1. The first-order chi connectivity index (χ1) is 14.4. The lowest BCUT2D eigenvalue weighted by Gasteiger charge is -2.39. The molecule has 3 aliphatic rings. The smallest absolute Gasteiger partial charge is 0.262 e. The Morgan fingerprint density at radius 3 is 2.90 bits per heavy atom. The molecule has 8 heteroatoms. The lowest BCUT2D eigenvalue weighted by atomic mass is 9.97. The van der Waals surface area contributed by atoms with Crippen LogP contribution in [0.5, 0.6) is 5.75 Å². The first-order valence-electron chi connectivity index (χ1n) is 10.0. The third-order valence-corrected chi connectivity index (χ3v) is 5.98. The van der Waals surface area contributed by atoms with E-state index in [1.165, 1.54) is 12.1 Å². The van der Waals surface area contributed by atoms with Gasteiger partial charge in [0.15, 0.2) is 6.61 Å². The SMILES string of the molecule is C=C(C1=CC2=C(CN1C)OCC(=O)N2)N1CCC(COc2ccc(F)cc2Cl)CC1. The molecule has 0 unspecified atom stereocenters. The molecular weight excluding hydrogens is 409 g/mol. The van der Waals surface area contributed by atoms with Crippen LogP contribution in [0.1, 0.15) is 12.8 Å². The highest BCUT2D eigenvalue weighted by molar-refractivity contribution is 6.32. The van der Waals surface area contributed by atoms with Gasteiger partial charge in [-0.3, -0.25) is 4.79 Å². The molecule has 0 saturated carbocycles. The molecule has 3 heterocycles. The van der Waals surface area contributed by atoms with Gasteiger partial charge in [-0.25, -0.2) is 4.39 Å². The average Bonchev–Trinajstić information content (AvgIpc) is 2.73. The van der Waals surface area contributed by atoms with Crippen molar-refractivity contribution < 1.29 is 18.7 Å². The fraction of sp³-hybridized carbons (Fsp3) is 0.409. The summed E-state index contributed by atoms with van der Waals surface area (Å²) in [6.07, 6.45) is 3.86. The molecule has 4 rings (SSSR count). The highest BCUT2D eigenvalue weighted by atomic mass is 35.5. The van der Waals surface area contributed by atoms with Gasteiger partial charge in [-0.05, 0) is 43.0 Å². The summed E-state index contributed by atoms with van der Waals surface area (Å²) in [5.74, 6) is 1.18. The Hall–Kier alpha value is -2.67. The Morgan fingerprint density at radius 2 is 2.17 bits per heavy atom. The number of hydrogen-bond donors (Lipinski definition) is 1. The van der Waals surface area contributed by atoms with E-state index >= 15 is 0 Å². The molecule has 30 heavy (non-hydrogen) atoms. The van der Waals surface area contributed by atoms with Gasteiger partial charge in [-0.15, -0.1) is 0 Å². The molecule has 0 bridgehead atoms. The number of carbonyl (C=O) groups is 1. The molecule has 1 amide bonds. The van der Waals surface area contributed by atoms with Crippen molar-refractivity contribution in [2.24, 2.45) is 5.92 Å². The number of allylic oxidation sites excluding steroid dienone is 1. The summed E-state index contributed by atoms with van der Waals surface area (Å²) in [7, 11) is 1.99. The lowest BCUT2D eigenvalue weighted by molar-refractivity contribution is -0.125. The summed E-state index contributed by atoms with van der Waals surface area (Å²) in [5.41, 5.74) is 2.64. The van der Waals surface area contributed by atoms with Crippen LogP contribution in [0.3, 0.4) is 0 Å². The van der Waals surface area contributed by atoms with Crippen molar-refractivity contribution in [3.63, 3.8) is 0 Å². The van der Waals surface area contributed by atoms with Gasteiger partial charge in [-0.1, -0.05) is 18.2 Å². The van der Waals surface area contributed by atoms with Gasteiger partial charge in [0.25, 0.3) is 5.91 Å². The van der Waals surface area contributed by atoms with Crippen molar-refractivity contribution in [3.05, 3.63) is 64.5 Å². The number of hydrogen-bond acceptors (Lipinski definition) is 5. The zero-order valence-corrected chi connectivity index (χ0v) is 17.7. The number of ether oxygens (including phenoxy) is 2. The first-order valence-corrected chi connectivity index (χ1v) is 10.4. The predicted molar refractivity (Wildman–Crippen MR) is 112 cm³/mol. The third kappa shape index (κ3) is 4.41. The highest BCUT2D eigenvalue weighted by Crippen LogP contribution is 2.30. The lowest BCUT2D eigenvalue weighted by Crippen LogP contribution is -2.41. The van der Waals surface area contributed by atoms with Crippen molar-refractivity contribution >= 4 is 17.5 Å². The van der Waals surface area contributed by atoms with Crippen LogP contribution in [0.2, 0.25) is 5.02 Å². The number of halogens is 2. The summed E-state index contributed by atoms with van der Waals surface area (Å²) in [4.78, 5) is 16.0. The van der Waals surface area contributed by atoms with Crippen molar-refractivity contribution in [1.29, 1.82) is 0 Å². The van der Waals surface area contributed by atoms with Crippen LogP contribution in [0, 0.1) is 11.7 Å². The van der Waals surface area contributed by atoms with E-state index in [1.54, 1.807) is 6.07 Å². The number of nitrogens with one attached hydrogen (secondary N) is 1. The van der Waals surface area contributed by atoms with Crippen molar-refractivity contribution in [2.75, 3.05) is 39.9 Å². The number of rotatable bonds is 5. The van der Waals surface area contributed by atoms with Crippen LogP contribution in [-0.2, 0) is 9.53 Å². The van der Waals surface area contributed by atoms with Gasteiger partial charge in [0.1, 0.15) is 17.3 Å². The minimum absolute atomic E-state index is 0.0650. The van der Waals surface area contributed by atoms with E-state index in [9.17, 15) is 9.18 Å². The fourth-order valence-corrected chi connectivity index (χ4v) is 4.14. The fourth-order valence-electron chi connectivity index (χ4n) is 3.92. The average molecular weight is 434 g/mol. The second kappa shape index (κ2) is 8.60. The molecule has 1 aromatic rings. The van der Waals surface area contributed by atoms with E-state index in [-0.39, 0.29) is 18.3 Å². The summed E-state index contributed by atoms with van der Waals surface area (Å²) in [5, 5.41) is 3.17. The molecule has 1 N–H and O–H groups in total. The number of benzene rings is 1. The molecule has 0 aliphatic carbocycles. The van der Waals surface area contributed by atoms with Gasteiger partial charge in [0.05, 0.1) is 35.3 Å². The van der Waals surface area contributed by atoms with E-state index in [4.69, 9.17) is 21.1 Å². The molecule has 0 atom stereocenters. The van der Waals surface area contributed by atoms with Gasteiger partial charge in [-0.2, -0.15) is 0 Å². The molecule has 6 nitrogen and oxygen atoms in total. The Morgan fingerprint density at radius 1 is 1.40 bits per heavy atom. The molecule has 0 spiro atoms. The molecule has 1 aromatic carbocycles. The van der Waals surface area contributed by atoms with Crippen LogP contribution < -0.4 is 10.1 Å². The number of piperidine rings is 1. The summed E-state index contributed by atoms with van der Waals surface area (Å²) >= 11 is 6.03. The highest BCUT2D eigenvalue weighted by Gasteiger charge is 2.28. The molecule has 1 fully saturated rings. The van der Waals surface area contributed by atoms with Crippen LogP contribution in [0.15, 0.2) is 53.7 Å². The van der Waals surface area contributed by atoms with Crippen molar-refractivity contribution in [3.8, 4) is 5.75 Å². The molecule has 1 saturated heterocycles. The molecule has 3 aliphatic heterocycles. The zero-order valence-electron chi connectivity index (χ0n) is 16.9. The molecular formula is C22H25ClFN3O3. The molecule has 160 valence electrons. The minimum atomic E-state index is -0.372. The van der Waals surface area contributed by atoms with E-state index in [2.05, 4.69) is 21.7 Å². The number of amides is 1. The van der Waals surface area contributed by atoms with E-state index < -0.39 is 0 Å². The number of likely N-dealkylation sites (N-methyl/N-ethyl adjacent to an activating group) is 1. The van der Waals surface area contributed by atoms with Crippen LogP contribution >= 0.6 is 11.6 Å². The number of likely N-dealkylation sites (tertiary alicyclic amines) is 1. The van der Waals surface area contributed by atoms with Crippen molar-refractivity contribution in [1.82, 2.24) is 15.1 Å². The summed E-state index contributed by atoms with van der Waals surface area (Å²) in [6, 6.07) is 4.18. The third-order valence-electron chi connectivity index (χ3n) is 5.69. The van der Waals surface area contributed by atoms with Crippen LogP contribution in [-0.4, -0.2) is 55.6 Å². The second-order valence-electron chi connectivity index (χ2n) is 7.82. The van der Waals surface area contributed by atoms with E-state index in [1.807, 2.05) is 13.1 Å². The second-order valence-corrected chi connectivity index (χ2v) is 8.23. The van der Waals surface area contributed by atoms with Gasteiger partial charge in [0.2, 0.25) is 0 Å². The van der Waals surface area contributed by atoms with Crippen molar-refractivity contribution in [2.45, 2.75) is 12.8 Å². The monoisotopic (exact) mass is 433 g/mol. The maximum absolute atomic E-state index is 13.2. The normalized spacial score (nSPS) is 19.7. The predicted octanol–water partition coefficient (Wildman–Crippen LogP) is 3.27. The maximum atomic E-state index is 13.2. The first kappa shape index (κ1) is 20.6. The Labute approximate surface area is 180 Å². The largest absolute Gasteiger partial charge is 0.492 e. The van der Waals surface area contributed by atoms with Crippen LogP contribution in [0.4, 0.5) is 4.39 Å². The standard InChI is InChI=1S/C22H25ClFN3O3/c1-14(19-10-18-21(11-26(19)2)30-13-22(28)25-18)27-7-5-15(6-8-27)12-29-20-4-3-16(24)9-17(20)23/h3-4,9-10,15H,1,5-8,11-13H2,2H3,(H,25,28). The van der Waals surface area contributed by atoms with Crippen LogP contribution in [0.25, 0.3) is 0 Å². The molecule has 0 aromatic heterocycles. The van der Waals surface area contributed by atoms with Gasteiger partial charge < -0.3 is 24.6 Å². The summed E-state index contributed by atoms with van der Waals surface area (Å²) in [6.45, 7) is 7.25. The topological polar surface area (TPSA) is 54.0 Å². The van der Waals surface area contributed by atoms with Gasteiger partial charge >= 0.3 is 0 Å². The zero-order chi connectivity index (χ0) is 21.3. The summed E-state index contributed by atoms with van der Waals surface area (Å²) < 4.78 is 24.5. The van der Waals surface area contributed by atoms with Gasteiger partial charge in [0, 0.05) is 20.1 Å². The molecule has 0 radical (unpaired) electrons. The van der Waals surface area contributed by atoms with E-state index in [0.29, 0.717) is 29.8 Å². The Balaban J connectivity index is 1.33. The number of nitrogens with zero attached hydrogens (tertiary/aromatic N) is 2. The Bertz CT molecular complexity index is 922. The Kier molecular flexibility index (Phi) is 5.90. The quantitative estimate of drug-likeness (QED) is 0.772. The van der Waals surface area contributed by atoms with E-state index in [0.717, 1.165) is 48.8 Å². The maximum Gasteiger partial charge on any atom is 0.262 e. The minimum Gasteiger partial charge on any atom is -0.492 e.